The Bertz CT molecular complexity index is 1120. The molecule has 0 saturated carbocycles. The van der Waals surface area contributed by atoms with E-state index in [4.69, 9.17) is 0 Å². The van der Waals surface area contributed by atoms with Crippen molar-refractivity contribution in [3.63, 3.8) is 0 Å². The van der Waals surface area contributed by atoms with Gasteiger partial charge in [0.25, 0.3) is 11.8 Å². The molecule has 2 rings (SSSR count). The molecule has 214 valence electrons. The van der Waals surface area contributed by atoms with Crippen molar-refractivity contribution < 1.29 is 39.6 Å². The van der Waals surface area contributed by atoms with Crippen molar-refractivity contribution in [3.8, 4) is 23.0 Å². The summed E-state index contributed by atoms with van der Waals surface area (Å²) in [4.78, 5) is 49.9. The number of nitrogens with one attached hydrogen (secondary N) is 2. The average Bonchev–Trinajstić information content (AvgIpc) is 2.92. The molecule has 0 aliphatic carbocycles. The second-order valence-corrected chi connectivity index (χ2v) is 8.50. The van der Waals surface area contributed by atoms with Gasteiger partial charge in [-0.15, -0.1) is 0 Å². The van der Waals surface area contributed by atoms with Crippen molar-refractivity contribution in [1.29, 1.82) is 0 Å². The maximum atomic E-state index is 12.6. The summed E-state index contributed by atoms with van der Waals surface area (Å²) in [5.41, 5.74) is -0.0995. The number of hydrogen-bond acceptors (Lipinski definition) is 8. The van der Waals surface area contributed by atoms with Crippen LogP contribution in [-0.4, -0.2) is 75.0 Å². The number of carbonyl (C=O) groups excluding carboxylic acids is 4. The molecule has 0 spiro atoms. The number of amides is 3. The van der Waals surface area contributed by atoms with Crippen LogP contribution in [0.4, 0.5) is 0 Å². The third kappa shape index (κ3) is 10.9. The zero-order chi connectivity index (χ0) is 29.4. The van der Waals surface area contributed by atoms with Gasteiger partial charge < -0.3 is 40.8 Å². The van der Waals surface area contributed by atoms with Crippen LogP contribution < -0.4 is 10.6 Å². The first-order valence-electron chi connectivity index (χ1n) is 13.0. The quantitative estimate of drug-likeness (QED) is 0.155. The molecule has 3 amide bonds. The number of hydrogen-bond donors (Lipinski definition) is 6. The minimum absolute atomic E-state index is 0.0397. The van der Waals surface area contributed by atoms with Gasteiger partial charge in [-0.3, -0.25) is 14.4 Å². The number of phenolic OH excluding ortho intramolecular Hbond substituents is 4. The Balaban J connectivity index is 0.00000371. The molecule has 0 aliphatic rings. The van der Waals surface area contributed by atoms with Crippen LogP contribution in [0.1, 0.15) is 73.6 Å². The zero-order valence-electron chi connectivity index (χ0n) is 22.7. The Morgan fingerprint density at radius 3 is 1.64 bits per heavy atom. The van der Waals surface area contributed by atoms with E-state index in [9.17, 15) is 39.6 Å². The van der Waals surface area contributed by atoms with E-state index in [0.717, 1.165) is 0 Å². The lowest BCUT2D eigenvalue weighted by Crippen LogP contribution is -2.35. The predicted molar refractivity (Wildman–Crippen MR) is 146 cm³/mol. The first kappa shape index (κ1) is 32.7. The molecule has 11 nitrogen and oxygen atoms in total. The van der Waals surface area contributed by atoms with E-state index in [-0.39, 0.29) is 54.5 Å². The van der Waals surface area contributed by atoms with E-state index in [0.29, 0.717) is 32.4 Å². The maximum Gasteiger partial charge on any atom is 0.255 e. The number of nitrogens with zero attached hydrogens (tertiary/aromatic N) is 1. The van der Waals surface area contributed by atoms with E-state index in [2.05, 4.69) is 10.6 Å². The molecule has 0 saturated heterocycles. The average molecular weight is 546 g/mol. The van der Waals surface area contributed by atoms with Crippen molar-refractivity contribution >= 4 is 23.5 Å². The van der Waals surface area contributed by atoms with Gasteiger partial charge in [0.15, 0.2) is 23.0 Å². The minimum atomic E-state index is -0.559. The van der Waals surface area contributed by atoms with Crippen LogP contribution in [0.25, 0.3) is 0 Å². The van der Waals surface area contributed by atoms with Crippen molar-refractivity contribution in [2.75, 3.05) is 26.2 Å². The van der Waals surface area contributed by atoms with Gasteiger partial charge in [0, 0.05) is 39.0 Å². The number of unbranched alkanes of at least 4 members (excludes halogenated alkanes) is 1. The van der Waals surface area contributed by atoms with Gasteiger partial charge in [-0.05, 0) is 50.5 Å². The zero-order valence-corrected chi connectivity index (χ0v) is 22.7. The molecule has 0 heterocycles. The molecule has 0 aliphatic heterocycles. The van der Waals surface area contributed by atoms with Gasteiger partial charge in [0.05, 0.1) is 11.1 Å². The molecule has 39 heavy (non-hydrogen) atoms. The lowest BCUT2D eigenvalue weighted by Gasteiger charge is -2.23. The van der Waals surface area contributed by atoms with Gasteiger partial charge in [-0.1, -0.05) is 26.0 Å². The first-order chi connectivity index (χ1) is 18.6. The number of rotatable bonds is 14. The van der Waals surface area contributed by atoms with Gasteiger partial charge in [0.2, 0.25) is 5.91 Å². The fourth-order valence-electron chi connectivity index (χ4n) is 3.52. The van der Waals surface area contributed by atoms with E-state index >= 15 is 0 Å². The van der Waals surface area contributed by atoms with E-state index < -0.39 is 29.1 Å². The molecule has 2 aromatic rings. The summed E-state index contributed by atoms with van der Waals surface area (Å²) in [6.07, 6.45) is 1.72. The van der Waals surface area contributed by atoms with Gasteiger partial charge in [-0.2, -0.15) is 0 Å². The molecule has 0 aromatic heterocycles. The third-order valence-corrected chi connectivity index (χ3v) is 5.59. The number of Topliss-reactive ketones (excluding diaryl/α,β-unsaturated/α-hetero) is 1. The number of para-hydroxylation sites is 2. The SMILES string of the molecule is CC.CC(=O)CCC(=O)N(CCCCNC(=O)c1cccc(O)c1O)CCCNC(=O)c1cccc(O)c1O. The normalized spacial score (nSPS) is 10.1. The molecule has 6 N–H and O–H groups in total. The fraction of sp³-hybridized carbons (Fsp3) is 0.429. The first-order valence-corrected chi connectivity index (χ1v) is 13.0. The van der Waals surface area contributed by atoms with Crippen molar-refractivity contribution in [2.24, 2.45) is 0 Å². The van der Waals surface area contributed by atoms with E-state index in [1.54, 1.807) is 4.90 Å². The Hall–Kier alpha value is -4.28. The number of aromatic hydroxyl groups is 4. The van der Waals surface area contributed by atoms with E-state index in [1.807, 2.05) is 13.8 Å². The standard InChI is InChI=1S/C26H33N3O8.C2H6/c1-17(30)11-12-22(33)29(16-6-14-28-26(37)19-8-5-10-21(32)24(19)35)15-3-2-13-27-25(36)18-7-4-9-20(31)23(18)34;1-2/h4-5,7-10,31-32,34-35H,2-3,6,11-16H2,1H3,(H,27,36)(H,28,37);1-2H3. The highest BCUT2D eigenvalue weighted by Gasteiger charge is 2.17. The largest absolute Gasteiger partial charge is 0.504 e. The second kappa shape index (κ2) is 17.3. The molecular formula is C28H39N3O8. The molecule has 11 heteroatoms. The number of carbonyl (C=O) groups is 4. The predicted octanol–water partition coefficient (Wildman–Crippen LogP) is 3.06. The van der Waals surface area contributed by atoms with Crippen LogP contribution in [0, 0.1) is 0 Å². The number of ketones is 1. The van der Waals surface area contributed by atoms with E-state index in [1.165, 1.54) is 43.3 Å². The summed E-state index contributed by atoms with van der Waals surface area (Å²) in [5.74, 6) is -3.16. The molecule has 0 unspecified atom stereocenters. The molecule has 0 fully saturated rings. The smallest absolute Gasteiger partial charge is 0.255 e. The lowest BCUT2D eigenvalue weighted by molar-refractivity contribution is -0.133. The number of phenols is 4. The second-order valence-electron chi connectivity index (χ2n) is 8.50. The highest BCUT2D eigenvalue weighted by Crippen LogP contribution is 2.28. The number of benzene rings is 2. The molecule has 0 radical (unpaired) electrons. The summed E-state index contributed by atoms with van der Waals surface area (Å²) in [7, 11) is 0. The molecule has 2 aromatic carbocycles. The summed E-state index contributed by atoms with van der Waals surface area (Å²) in [6.45, 7) is 6.62. The van der Waals surface area contributed by atoms with Crippen LogP contribution in [0.5, 0.6) is 23.0 Å². The van der Waals surface area contributed by atoms with Crippen LogP contribution in [0.3, 0.4) is 0 Å². The van der Waals surface area contributed by atoms with Gasteiger partial charge >= 0.3 is 0 Å². The maximum absolute atomic E-state index is 12.6. The topological polar surface area (TPSA) is 176 Å². The Morgan fingerprint density at radius 2 is 1.15 bits per heavy atom. The molecule has 0 atom stereocenters. The highest BCUT2D eigenvalue weighted by molar-refractivity contribution is 5.98. The summed E-state index contributed by atoms with van der Waals surface area (Å²) in [5, 5.41) is 43.9. The van der Waals surface area contributed by atoms with Crippen molar-refractivity contribution in [2.45, 2.75) is 52.9 Å². The van der Waals surface area contributed by atoms with Crippen LogP contribution in [-0.2, 0) is 9.59 Å². The Labute approximate surface area is 228 Å². The Morgan fingerprint density at radius 1 is 0.692 bits per heavy atom. The van der Waals surface area contributed by atoms with Crippen molar-refractivity contribution in [1.82, 2.24) is 15.5 Å². The van der Waals surface area contributed by atoms with Crippen molar-refractivity contribution in [3.05, 3.63) is 47.5 Å². The minimum Gasteiger partial charge on any atom is -0.504 e. The highest BCUT2D eigenvalue weighted by atomic mass is 16.3. The monoisotopic (exact) mass is 545 g/mol. The fourth-order valence-corrected chi connectivity index (χ4v) is 3.52. The van der Waals surface area contributed by atoms with Gasteiger partial charge in [0.1, 0.15) is 5.78 Å². The summed E-state index contributed by atoms with van der Waals surface area (Å²) >= 11 is 0. The molecular weight excluding hydrogens is 506 g/mol. The van der Waals surface area contributed by atoms with Crippen LogP contribution in [0.2, 0.25) is 0 Å². The van der Waals surface area contributed by atoms with Crippen LogP contribution in [0.15, 0.2) is 36.4 Å². The third-order valence-electron chi connectivity index (χ3n) is 5.59. The Kier molecular flexibility index (Phi) is 14.5. The summed E-state index contributed by atoms with van der Waals surface area (Å²) < 4.78 is 0. The molecule has 0 bridgehead atoms. The van der Waals surface area contributed by atoms with Gasteiger partial charge in [-0.25, -0.2) is 0 Å². The summed E-state index contributed by atoms with van der Waals surface area (Å²) in [6, 6.07) is 8.19. The van der Waals surface area contributed by atoms with Crippen LogP contribution >= 0.6 is 0 Å². The lowest BCUT2D eigenvalue weighted by atomic mass is 10.1.